The third-order valence-electron chi connectivity index (χ3n) is 4.52. The Morgan fingerprint density at radius 2 is 1.73 bits per heavy atom. The molecular formula is C20H18N2O4. The van der Waals surface area contributed by atoms with E-state index in [9.17, 15) is 14.4 Å². The van der Waals surface area contributed by atoms with Gasteiger partial charge in [0.15, 0.2) is 5.75 Å². The number of amides is 2. The molecule has 2 amide bonds. The minimum atomic E-state index is -0.957. The summed E-state index contributed by atoms with van der Waals surface area (Å²) in [5.41, 5.74) is 1.18. The maximum atomic E-state index is 12.8. The van der Waals surface area contributed by atoms with Crippen LogP contribution in [0.1, 0.15) is 19.3 Å². The van der Waals surface area contributed by atoms with Gasteiger partial charge in [-0.2, -0.15) is 0 Å². The van der Waals surface area contributed by atoms with Crippen molar-refractivity contribution < 1.29 is 19.1 Å². The number of para-hydroxylation sites is 3. The molecule has 1 aliphatic carbocycles. The van der Waals surface area contributed by atoms with Gasteiger partial charge in [-0.15, -0.1) is 0 Å². The van der Waals surface area contributed by atoms with Gasteiger partial charge in [0.1, 0.15) is 6.04 Å². The summed E-state index contributed by atoms with van der Waals surface area (Å²) in [7, 11) is 0. The largest absolute Gasteiger partial charge is 0.423 e. The molecule has 0 saturated heterocycles. The lowest BCUT2D eigenvalue weighted by molar-refractivity contribution is -0.140. The van der Waals surface area contributed by atoms with Crippen LogP contribution >= 0.6 is 0 Å². The summed E-state index contributed by atoms with van der Waals surface area (Å²) in [6.45, 7) is 0. The van der Waals surface area contributed by atoms with Crippen molar-refractivity contribution in [3.8, 4) is 5.75 Å². The maximum Gasteiger partial charge on any atom is 0.335 e. The van der Waals surface area contributed by atoms with E-state index in [4.69, 9.17) is 4.74 Å². The molecule has 0 bridgehead atoms. The molecule has 132 valence electrons. The first kappa shape index (κ1) is 16.3. The Morgan fingerprint density at radius 1 is 1.04 bits per heavy atom. The second-order valence-corrected chi connectivity index (χ2v) is 6.51. The van der Waals surface area contributed by atoms with Gasteiger partial charge in [0.2, 0.25) is 11.8 Å². The van der Waals surface area contributed by atoms with Gasteiger partial charge in [-0.25, -0.2) is 4.79 Å². The van der Waals surface area contributed by atoms with Gasteiger partial charge in [-0.1, -0.05) is 30.3 Å². The van der Waals surface area contributed by atoms with E-state index in [0.717, 1.165) is 12.8 Å². The molecule has 26 heavy (non-hydrogen) atoms. The number of rotatable bonds is 4. The highest BCUT2D eigenvalue weighted by Gasteiger charge is 2.44. The lowest BCUT2D eigenvalue weighted by atomic mass is 10.1. The molecule has 1 fully saturated rings. The summed E-state index contributed by atoms with van der Waals surface area (Å²) in [4.78, 5) is 39.2. The van der Waals surface area contributed by atoms with Gasteiger partial charge < -0.3 is 10.1 Å². The molecule has 1 aliphatic heterocycles. The molecule has 1 N–H and O–H groups in total. The summed E-state index contributed by atoms with van der Waals surface area (Å²) < 4.78 is 5.36. The van der Waals surface area contributed by atoms with Crippen LogP contribution in [0, 0.1) is 5.92 Å². The van der Waals surface area contributed by atoms with Crippen LogP contribution in [0.25, 0.3) is 0 Å². The van der Waals surface area contributed by atoms with Gasteiger partial charge in [0.25, 0.3) is 0 Å². The van der Waals surface area contributed by atoms with Crippen molar-refractivity contribution in [2.24, 2.45) is 5.92 Å². The van der Waals surface area contributed by atoms with Crippen molar-refractivity contribution in [2.45, 2.75) is 25.3 Å². The Kier molecular flexibility index (Phi) is 4.16. The van der Waals surface area contributed by atoms with E-state index in [1.165, 1.54) is 4.90 Å². The highest BCUT2D eigenvalue weighted by atomic mass is 16.5. The number of fused-ring (bicyclic) bond motifs is 1. The number of nitrogens with zero attached hydrogens (tertiary/aromatic N) is 1. The minimum absolute atomic E-state index is 0.0753. The normalized spacial score (nSPS) is 18.7. The number of carbonyl (C=O) groups excluding carboxylic acids is 3. The minimum Gasteiger partial charge on any atom is -0.423 e. The van der Waals surface area contributed by atoms with Gasteiger partial charge in [0.05, 0.1) is 12.1 Å². The fourth-order valence-corrected chi connectivity index (χ4v) is 3.08. The zero-order valence-corrected chi connectivity index (χ0v) is 14.1. The molecule has 2 aliphatic rings. The summed E-state index contributed by atoms with van der Waals surface area (Å²) in [6, 6.07) is 15.0. The maximum absolute atomic E-state index is 12.8. The lowest BCUT2D eigenvalue weighted by Crippen LogP contribution is -2.52. The molecule has 6 nitrogen and oxygen atoms in total. The average Bonchev–Trinajstić information content (AvgIpc) is 3.48. The van der Waals surface area contributed by atoms with Crippen LogP contribution in [-0.2, 0) is 14.4 Å². The second-order valence-electron chi connectivity index (χ2n) is 6.51. The van der Waals surface area contributed by atoms with E-state index in [1.54, 1.807) is 36.4 Å². The van der Waals surface area contributed by atoms with E-state index < -0.39 is 12.0 Å². The number of ether oxygens (including phenoxy) is 1. The van der Waals surface area contributed by atoms with Crippen LogP contribution < -0.4 is 15.0 Å². The van der Waals surface area contributed by atoms with Crippen LogP contribution in [0.3, 0.4) is 0 Å². The second kappa shape index (κ2) is 6.63. The molecule has 1 atom stereocenters. The zero-order chi connectivity index (χ0) is 18.1. The van der Waals surface area contributed by atoms with Gasteiger partial charge >= 0.3 is 5.97 Å². The first-order chi connectivity index (χ1) is 12.6. The molecule has 1 heterocycles. The Balaban J connectivity index is 1.59. The molecular weight excluding hydrogens is 332 g/mol. The number of benzene rings is 2. The van der Waals surface area contributed by atoms with Crippen LogP contribution in [0.4, 0.5) is 11.4 Å². The van der Waals surface area contributed by atoms with Crippen molar-refractivity contribution in [3.05, 3.63) is 54.6 Å². The fourth-order valence-electron chi connectivity index (χ4n) is 3.08. The highest BCUT2D eigenvalue weighted by Crippen LogP contribution is 2.40. The molecule has 0 spiro atoms. The molecule has 4 rings (SSSR count). The number of esters is 1. The smallest absolute Gasteiger partial charge is 0.335 e. The Labute approximate surface area is 150 Å². The molecule has 0 radical (unpaired) electrons. The predicted octanol–water partition coefficient (Wildman–Crippen LogP) is 2.75. The highest BCUT2D eigenvalue weighted by molar-refractivity contribution is 6.07. The molecule has 0 aromatic heterocycles. The average molecular weight is 350 g/mol. The standard InChI is InChI=1S/C20H18N2O4/c23-18(21-14-6-2-1-3-7-14)12-16-20(25)26-17-9-5-4-8-15(17)22(16)19(24)13-10-11-13/h1-9,13,16H,10-12H2,(H,21,23). The summed E-state index contributed by atoms with van der Waals surface area (Å²) in [5.74, 6) is -0.765. The van der Waals surface area contributed by atoms with E-state index in [2.05, 4.69) is 5.32 Å². The van der Waals surface area contributed by atoms with Crippen molar-refractivity contribution in [1.82, 2.24) is 0 Å². The monoisotopic (exact) mass is 350 g/mol. The van der Waals surface area contributed by atoms with Gasteiger partial charge in [0, 0.05) is 11.6 Å². The van der Waals surface area contributed by atoms with Crippen molar-refractivity contribution in [1.29, 1.82) is 0 Å². The van der Waals surface area contributed by atoms with Crippen molar-refractivity contribution in [2.75, 3.05) is 10.2 Å². The SMILES string of the molecule is O=C(CC1C(=O)Oc2ccccc2N1C(=O)C1CC1)Nc1ccccc1. The summed E-state index contributed by atoms with van der Waals surface area (Å²) in [6.07, 6.45) is 1.48. The third-order valence-corrected chi connectivity index (χ3v) is 4.52. The number of carbonyl (C=O) groups is 3. The van der Waals surface area contributed by atoms with E-state index in [1.807, 2.05) is 18.2 Å². The van der Waals surface area contributed by atoms with E-state index in [0.29, 0.717) is 17.1 Å². The summed E-state index contributed by atoms with van der Waals surface area (Å²) >= 11 is 0. The van der Waals surface area contributed by atoms with Crippen LogP contribution in [0.2, 0.25) is 0 Å². The van der Waals surface area contributed by atoms with Crippen molar-refractivity contribution in [3.63, 3.8) is 0 Å². The van der Waals surface area contributed by atoms with Crippen molar-refractivity contribution >= 4 is 29.2 Å². The molecule has 1 saturated carbocycles. The Bertz CT molecular complexity index is 861. The van der Waals surface area contributed by atoms with Crippen LogP contribution in [0.5, 0.6) is 5.75 Å². The quantitative estimate of drug-likeness (QED) is 0.679. The number of hydrogen-bond donors (Lipinski definition) is 1. The molecule has 6 heteroatoms. The lowest BCUT2D eigenvalue weighted by Gasteiger charge is -2.35. The Morgan fingerprint density at radius 3 is 2.46 bits per heavy atom. The first-order valence-electron chi connectivity index (χ1n) is 8.62. The molecule has 2 aromatic rings. The van der Waals surface area contributed by atoms with E-state index >= 15 is 0 Å². The predicted molar refractivity (Wildman–Crippen MR) is 95.8 cm³/mol. The number of hydrogen-bond acceptors (Lipinski definition) is 4. The Hall–Kier alpha value is -3.15. The number of anilines is 2. The first-order valence-corrected chi connectivity index (χ1v) is 8.62. The van der Waals surface area contributed by atoms with Crippen LogP contribution in [-0.4, -0.2) is 23.8 Å². The summed E-state index contributed by atoms with van der Waals surface area (Å²) in [5, 5.41) is 2.75. The van der Waals surface area contributed by atoms with Crippen LogP contribution in [0.15, 0.2) is 54.6 Å². The van der Waals surface area contributed by atoms with Gasteiger partial charge in [-0.3, -0.25) is 14.5 Å². The number of nitrogens with one attached hydrogen (secondary N) is 1. The molecule has 2 aromatic carbocycles. The topological polar surface area (TPSA) is 75.7 Å². The van der Waals surface area contributed by atoms with Gasteiger partial charge in [-0.05, 0) is 37.1 Å². The van der Waals surface area contributed by atoms with E-state index in [-0.39, 0.29) is 24.2 Å². The third kappa shape index (κ3) is 3.18. The fraction of sp³-hybridized carbons (Fsp3) is 0.250. The zero-order valence-electron chi connectivity index (χ0n) is 14.1. The molecule has 1 unspecified atom stereocenters.